The summed E-state index contributed by atoms with van der Waals surface area (Å²) in [5.74, 6) is -2.41. The molecule has 1 aliphatic heterocycles. The summed E-state index contributed by atoms with van der Waals surface area (Å²) in [5.41, 5.74) is 0.866. The van der Waals surface area contributed by atoms with Crippen molar-refractivity contribution in [2.45, 2.75) is 0 Å². The third-order valence-electron chi connectivity index (χ3n) is 3.64. The summed E-state index contributed by atoms with van der Waals surface area (Å²) in [6.07, 6.45) is 1.58. The van der Waals surface area contributed by atoms with Crippen LogP contribution < -0.4 is 4.74 Å². The molecule has 0 aliphatic carbocycles. The van der Waals surface area contributed by atoms with E-state index in [0.29, 0.717) is 10.5 Å². The molecule has 28 heavy (non-hydrogen) atoms. The van der Waals surface area contributed by atoms with Gasteiger partial charge in [-0.3, -0.25) is 14.5 Å². The van der Waals surface area contributed by atoms with Crippen LogP contribution >= 0.6 is 24.0 Å². The molecule has 1 saturated heterocycles. The first-order chi connectivity index (χ1) is 13.3. The van der Waals surface area contributed by atoms with Crippen LogP contribution in [-0.4, -0.2) is 38.7 Å². The Kier molecular flexibility index (Phi) is 5.86. The Bertz CT molecular complexity index is 986. The number of hydrogen-bond acceptors (Lipinski definition) is 6. The molecule has 0 bridgehead atoms. The van der Waals surface area contributed by atoms with E-state index in [1.807, 2.05) is 0 Å². The van der Waals surface area contributed by atoms with E-state index >= 15 is 0 Å². The average molecular weight is 417 g/mol. The number of aliphatic carboxylic acids is 1. The van der Waals surface area contributed by atoms with Crippen molar-refractivity contribution >= 4 is 52.2 Å². The molecule has 0 radical (unpaired) electrons. The van der Waals surface area contributed by atoms with Crippen molar-refractivity contribution < 1.29 is 28.6 Å². The number of rotatable bonds is 5. The topological polar surface area (TPSA) is 83.9 Å². The van der Waals surface area contributed by atoms with Crippen molar-refractivity contribution in [3.05, 3.63) is 70.4 Å². The van der Waals surface area contributed by atoms with Gasteiger partial charge in [-0.1, -0.05) is 36.1 Å². The highest BCUT2D eigenvalue weighted by Crippen LogP contribution is 2.32. The van der Waals surface area contributed by atoms with Gasteiger partial charge in [0.1, 0.15) is 22.4 Å². The standard InChI is InChI=1S/C19H12FNO5S2/c20-13-5-3-12(4-6-13)18(25)26-14-7-1-11(2-8-14)9-15-17(24)21(10-16(22)23)19(27)28-15/h1-9H,10H2,(H,22,23)/b15-9-. The SMILES string of the molecule is O=C(O)CN1C(=O)/C(=C/c2ccc(OC(=O)c3ccc(F)cc3)cc2)SC1=S. The van der Waals surface area contributed by atoms with Crippen molar-refractivity contribution in [3.63, 3.8) is 0 Å². The van der Waals surface area contributed by atoms with Gasteiger partial charge in [0.2, 0.25) is 0 Å². The molecule has 6 nitrogen and oxygen atoms in total. The van der Waals surface area contributed by atoms with Crippen molar-refractivity contribution in [1.29, 1.82) is 0 Å². The van der Waals surface area contributed by atoms with E-state index in [1.165, 1.54) is 24.3 Å². The van der Waals surface area contributed by atoms with Gasteiger partial charge in [-0.2, -0.15) is 0 Å². The van der Waals surface area contributed by atoms with Crippen LogP contribution in [0, 0.1) is 5.82 Å². The lowest BCUT2D eigenvalue weighted by Crippen LogP contribution is -2.33. The Balaban J connectivity index is 1.69. The van der Waals surface area contributed by atoms with Crippen molar-refractivity contribution in [3.8, 4) is 5.75 Å². The molecular weight excluding hydrogens is 405 g/mol. The van der Waals surface area contributed by atoms with Gasteiger partial charge >= 0.3 is 11.9 Å². The van der Waals surface area contributed by atoms with Gasteiger partial charge in [0, 0.05) is 0 Å². The van der Waals surface area contributed by atoms with E-state index < -0.39 is 30.2 Å². The molecule has 1 fully saturated rings. The van der Waals surface area contributed by atoms with Gasteiger partial charge in [0.15, 0.2) is 0 Å². The Morgan fingerprint density at radius 3 is 2.39 bits per heavy atom. The van der Waals surface area contributed by atoms with Crippen LogP contribution in [0.4, 0.5) is 4.39 Å². The minimum atomic E-state index is -1.15. The van der Waals surface area contributed by atoms with Gasteiger partial charge in [0.05, 0.1) is 10.5 Å². The Morgan fingerprint density at radius 1 is 1.14 bits per heavy atom. The summed E-state index contributed by atoms with van der Waals surface area (Å²) in [6.45, 7) is -0.486. The van der Waals surface area contributed by atoms with Crippen LogP contribution in [0.15, 0.2) is 53.4 Å². The zero-order valence-corrected chi connectivity index (χ0v) is 15.8. The second-order valence-corrected chi connectivity index (χ2v) is 7.30. The molecule has 0 spiro atoms. The molecule has 9 heteroatoms. The minimum Gasteiger partial charge on any atom is -0.480 e. The monoisotopic (exact) mass is 417 g/mol. The molecule has 2 aromatic carbocycles. The fourth-order valence-corrected chi connectivity index (χ4v) is 3.56. The van der Waals surface area contributed by atoms with E-state index in [-0.39, 0.29) is 15.6 Å². The van der Waals surface area contributed by atoms with Crippen molar-refractivity contribution in [2.75, 3.05) is 6.54 Å². The molecule has 0 saturated carbocycles. The number of carboxylic acid groups (broad SMARTS) is 1. The van der Waals surface area contributed by atoms with Gasteiger partial charge in [0.25, 0.3) is 5.91 Å². The molecular formula is C19H12FNO5S2. The van der Waals surface area contributed by atoms with E-state index in [0.717, 1.165) is 16.7 Å². The van der Waals surface area contributed by atoms with Crippen LogP contribution in [0.5, 0.6) is 5.75 Å². The highest BCUT2D eigenvalue weighted by molar-refractivity contribution is 8.26. The fourth-order valence-electron chi connectivity index (χ4n) is 2.31. The number of carbonyl (C=O) groups excluding carboxylic acids is 2. The Labute approximate surface area is 168 Å². The third kappa shape index (κ3) is 4.62. The summed E-state index contributed by atoms with van der Waals surface area (Å²) >= 11 is 6.06. The fraction of sp³-hybridized carbons (Fsp3) is 0.0526. The van der Waals surface area contributed by atoms with Crippen LogP contribution in [0.2, 0.25) is 0 Å². The van der Waals surface area contributed by atoms with E-state index in [9.17, 15) is 18.8 Å². The highest BCUT2D eigenvalue weighted by atomic mass is 32.2. The lowest BCUT2D eigenvalue weighted by atomic mass is 10.2. The zero-order valence-electron chi connectivity index (χ0n) is 14.1. The van der Waals surface area contributed by atoms with Crippen LogP contribution in [0.25, 0.3) is 6.08 Å². The molecule has 0 aromatic heterocycles. The number of hydrogen-bond donors (Lipinski definition) is 1. The average Bonchev–Trinajstić information content (AvgIpc) is 2.91. The quantitative estimate of drug-likeness (QED) is 0.346. The molecule has 1 amide bonds. The van der Waals surface area contributed by atoms with Gasteiger partial charge in [-0.25, -0.2) is 9.18 Å². The number of thiocarbonyl (C=S) groups is 1. The molecule has 3 rings (SSSR count). The van der Waals surface area contributed by atoms with Crippen molar-refractivity contribution in [1.82, 2.24) is 4.90 Å². The smallest absolute Gasteiger partial charge is 0.343 e. The Hall–Kier alpha value is -3.04. The lowest BCUT2D eigenvalue weighted by molar-refractivity contribution is -0.140. The molecule has 0 atom stereocenters. The summed E-state index contributed by atoms with van der Waals surface area (Å²) in [7, 11) is 0. The minimum absolute atomic E-state index is 0.184. The highest BCUT2D eigenvalue weighted by Gasteiger charge is 2.33. The summed E-state index contributed by atoms with van der Waals surface area (Å²) in [6, 6.07) is 11.3. The normalized spacial score (nSPS) is 15.2. The predicted octanol–water partition coefficient (Wildman–Crippen LogP) is 3.33. The number of benzene rings is 2. The lowest BCUT2D eigenvalue weighted by Gasteiger charge is -2.10. The van der Waals surface area contributed by atoms with E-state index in [1.54, 1.807) is 30.3 Å². The number of carbonyl (C=O) groups is 3. The third-order valence-corrected chi connectivity index (χ3v) is 5.01. The maximum Gasteiger partial charge on any atom is 0.343 e. The van der Waals surface area contributed by atoms with Gasteiger partial charge in [-0.15, -0.1) is 0 Å². The summed E-state index contributed by atoms with van der Waals surface area (Å²) in [4.78, 5) is 36.4. The second-order valence-electron chi connectivity index (χ2n) is 5.63. The first-order valence-corrected chi connectivity index (χ1v) is 9.11. The number of carboxylic acids is 1. The molecule has 1 N–H and O–H groups in total. The largest absolute Gasteiger partial charge is 0.480 e. The first-order valence-electron chi connectivity index (χ1n) is 7.88. The number of ether oxygens (including phenoxy) is 1. The van der Waals surface area contributed by atoms with E-state index in [4.69, 9.17) is 22.1 Å². The summed E-state index contributed by atoms with van der Waals surface area (Å²) in [5, 5.41) is 8.84. The van der Waals surface area contributed by atoms with Crippen molar-refractivity contribution in [2.24, 2.45) is 0 Å². The maximum atomic E-state index is 12.9. The zero-order chi connectivity index (χ0) is 20.3. The first kappa shape index (κ1) is 19.7. The molecule has 0 unspecified atom stereocenters. The van der Waals surface area contributed by atoms with Crippen LogP contribution in [-0.2, 0) is 9.59 Å². The Morgan fingerprint density at radius 2 is 1.79 bits per heavy atom. The number of amides is 1. The number of halogens is 1. The van der Waals surface area contributed by atoms with Gasteiger partial charge in [-0.05, 0) is 48.0 Å². The molecule has 1 heterocycles. The maximum absolute atomic E-state index is 12.9. The second kappa shape index (κ2) is 8.32. The van der Waals surface area contributed by atoms with Gasteiger partial charge < -0.3 is 9.84 Å². The van der Waals surface area contributed by atoms with E-state index in [2.05, 4.69) is 0 Å². The number of thioether (sulfide) groups is 1. The molecule has 142 valence electrons. The molecule has 2 aromatic rings. The predicted molar refractivity (Wildman–Crippen MR) is 105 cm³/mol. The van der Waals surface area contributed by atoms with Crippen LogP contribution in [0.3, 0.4) is 0 Å². The molecule has 1 aliphatic rings. The number of esters is 1. The number of nitrogens with zero attached hydrogens (tertiary/aromatic N) is 1. The van der Waals surface area contributed by atoms with Crippen LogP contribution in [0.1, 0.15) is 15.9 Å². The summed E-state index contributed by atoms with van der Waals surface area (Å²) < 4.78 is 18.3.